The number of hydrogen-bond acceptors (Lipinski definition) is 7. The normalized spacial score (nSPS) is 9.51. The molecule has 0 aromatic rings. The Morgan fingerprint density at radius 2 is 0.622 bits per heavy atom. The summed E-state index contributed by atoms with van der Waals surface area (Å²) in [7, 11) is 0. The molecule has 37 heavy (non-hydrogen) atoms. The molecule has 0 radical (unpaired) electrons. The molecule has 0 amide bonds. The van der Waals surface area contributed by atoms with Gasteiger partial charge in [0, 0.05) is 52.4 Å². The Hall–Kier alpha value is 2.54. The Balaban J connectivity index is -0.000000116. The summed E-state index contributed by atoms with van der Waals surface area (Å²) in [6.07, 6.45) is 0. The first-order chi connectivity index (χ1) is 17.3. The van der Waals surface area contributed by atoms with E-state index in [2.05, 4.69) is 106 Å². The molecule has 0 saturated carbocycles. The van der Waals surface area contributed by atoms with Crippen molar-refractivity contribution in [3.05, 3.63) is 0 Å². The summed E-state index contributed by atoms with van der Waals surface area (Å²) in [6, 6.07) is 0. The Bertz CT molecular complexity index is 516. The zero-order chi connectivity index (χ0) is 30.4. The Kier molecular flexibility index (Phi) is 51.3. The van der Waals surface area contributed by atoms with Gasteiger partial charge in [0.05, 0.1) is 0 Å². The third-order valence-corrected chi connectivity index (χ3v) is 8.24. The third kappa shape index (κ3) is 38.5. The number of rotatable bonds is 10. The summed E-state index contributed by atoms with van der Waals surface area (Å²) in [6.45, 7) is 24.1. The second-order valence-electron chi connectivity index (χ2n) is 6.02. The molecule has 0 N–H and O–H groups in total. The molecule has 0 rings (SSSR count). The summed E-state index contributed by atoms with van der Waals surface area (Å²) in [5.74, 6) is 0. The van der Waals surface area contributed by atoms with Crippen LogP contribution in [0.25, 0.3) is 0 Å². The molecule has 0 bridgehead atoms. The van der Waals surface area contributed by atoms with Crippen molar-refractivity contribution in [1.82, 2.24) is 19.6 Å². The van der Waals surface area contributed by atoms with E-state index in [4.69, 9.17) is 50.5 Å². The molecule has 0 heterocycles. The van der Waals surface area contributed by atoms with Crippen LogP contribution >= 0.6 is 0 Å². The van der Waals surface area contributed by atoms with Crippen molar-refractivity contribution in [1.29, 1.82) is 0 Å². The van der Waals surface area contributed by atoms with Crippen LogP contribution in [-0.4, -0.2) is 89.2 Å². The SMILES string of the molecule is CCN(CC)C([S-])=[SH+].CCN(CC)C([S-])=[SH+].CCN(CC)C([S-])=[SH+].CCN(CC)C([S-])=[SH+].[O]=[Mo][O][Mo]=[O]. The van der Waals surface area contributed by atoms with Gasteiger partial charge in [-0.05, 0) is 0 Å². The van der Waals surface area contributed by atoms with E-state index in [-0.39, 0.29) is 0 Å². The monoisotopic (exact) mass is 840 g/mol. The van der Waals surface area contributed by atoms with E-state index in [9.17, 15) is 6.80 Å². The molecule has 0 aliphatic rings. The van der Waals surface area contributed by atoms with Crippen LogP contribution in [0.1, 0.15) is 55.4 Å². The average molecular weight is 837 g/mol. The van der Waals surface area contributed by atoms with Crippen molar-refractivity contribution < 1.29 is 46.7 Å². The summed E-state index contributed by atoms with van der Waals surface area (Å²) < 4.78 is 25.3. The molecule has 7 nitrogen and oxygen atoms in total. The van der Waals surface area contributed by atoms with Crippen molar-refractivity contribution in [2.45, 2.75) is 55.4 Å². The van der Waals surface area contributed by atoms with Crippen LogP contribution in [0.2, 0.25) is 0 Å². The van der Waals surface area contributed by atoms with Crippen molar-refractivity contribution in [3.8, 4) is 0 Å². The van der Waals surface area contributed by atoms with Gasteiger partial charge in [0.2, 0.25) is 0 Å². The number of hydrogen-bond donors (Lipinski definition) is 0. The molecule has 0 aliphatic heterocycles. The van der Waals surface area contributed by atoms with Crippen molar-refractivity contribution in [2.75, 3.05) is 52.4 Å². The Labute approximate surface area is 287 Å². The van der Waals surface area contributed by atoms with Crippen molar-refractivity contribution >= 4 is 117 Å². The maximum atomic E-state index is 9.27. The molecular formula is C20H44Mo2N4O3S8. The Morgan fingerprint density at radius 1 is 0.486 bits per heavy atom. The van der Waals surface area contributed by atoms with Gasteiger partial charge in [-0.2, -0.15) is 0 Å². The minimum atomic E-state index is -1.53. The van der Waals surface area contributed by atoms with Gasteiger partial charge in [-0.1, -0.05) is 55.4 Å². The van der Waals surface area contributed by atoms with E-state index in [0.717, 1.165) is 52.4 Å². The standard InChI is InChI=1S/4C5H11NS2.2Mo.3O/c4*1-3-6(4-2)5(7)8;;;;;/h4*3-4H2,1-2H3,(H,7,8);;;;;. The van der Waals surface area contributed by atoms with Crippen LogP contribution in [0.5, 0.6) is 0 Å². The molecule has 0 aromatic carbocycles. The molecule has 0 unspecified atom stereocenters. The second-order valence-corrected chi connectivity index (χ2v) is 13.5. The van der Waals surface area contributed by atoms with Gasteiger partial charge in [0.15, 0.2) is 0 Å². The van der Waals surface area contributed by atoms with Crippen LogP contribution < -0.4 is 0 Å². The molecule has 0 saturated heterocycles. The first kappa shape index (κ1) is 49.2. The first-order valence-corrected chi connectivity index (χ1v) is 18.2. The molecule has 17 heteroatoms. The van der Waals surface area contributed by atoms with Gasteiger partial charge in [-0.25, -0.2) is 0 Å². The fraction of sp³-hybridized carbons (Fsp3) is 0.800. The summed E-state index contributed by atoms with van der Waals surface area (Å²) >= 11 is 32.2. The zero-order valence-electron chi connectivity index (χ0n) is 22.9. The van der Waals surface area contributed by atoms with Crippen LogP contribution in [0.4, 0.5) is 0 Å². The van der Waals surface area contributed by atoms with Crippen molar-refractivity contribution in [2.24, 2.45) is 0 Å². The first-order valence-electron chi connectivity index (χ1n) is 11.5. The minimum absolute atomic E-state index is 0.690. The predicted octanol–water partition coefficient (Wildman–Crippen LogP) is 0.656. The van der Waals surface area contributed by atoms with E-state index in [1.807, 2.05) is 19.6 Å². The summed E-state index contributed by atoms with van der Waals surface area (Å²) in [5.41, 5.74) is 0. The van der Waals surface area contributed by atoms with E-state index >= 15 is 0 Å². The molecule has 0 spiro atoms. The fourth-order valence-corrected chi connectivity index (χ4v) is 4.54. The molecule has 222 valence electrons. The summed E-state index contributed by atoms with van der Waals surface area (Å²) in [5, 5.41) is 0. The zero-order valence-corrected chi connectivity index (χ0v) is 33.8. The number of nitrogens with zero attached hydrogens (tertiary/aromatic N) is 4. The molecule has 0 aromatic heterocycles. The molecule has 0 atom stereocenters. The summed E-state index contributed by atoms with van der Waals surface area (Å²) in [4.78, 5) is 8.05. The van der Waals surface area contributed by atoms with E-state index in [1.165, 1.54) is 0 Å². The van der Waals surface area contributed by atoms with E-state index in [1.54, 1.807) is 0 Å². The van der Waals surface area contributed by atoms with Crippen LogP contribution in [0.3, 0.4) is 0 Å². The van der Waals surface area contributed by atoms with Gasteiger partial charge < -0.3 is 50.5 Å². The second kappa shape index (κ2) is 38.5. The molecule has 0 aliphatic carbocycles. The quantitative estimate of drug-likeness (QED) is 0.103. The van der Waals surface area contributed by atoms with E-state index < -0.39 is 37.8 Å². The van der Waals surface area contributed by atoms with Gasteiger partial charge in [0.1, 0.15) is 66.2 Å². The van der Waals surface area contributed by atoms with Gasteiger partial charge in [-0.3, -0.25) is 19.6 Å². The average Bonchev–Trinajstić information content (AvgIpc) is 2.83. The van der Waals surface area contributed by atoms with Gasteiger partial charge >= 0.3 is 46.7 Å². The van der Waals surface area contributed by atoms with E-state index in [0.29, 0.717) is 17.3 Å². The maximum absolute atomic E-state index is 9.27. The Morgan fingerprint density at radius 3 is 0.622 bits per heavy atom. The fourth-order valence-electron chi connectivity index (χ4n) is 1.99. The van der Waals surface area contributed by atoms with Gasteiger partial charge in [0.25, 0.3) is 0 Å². The number of thiol groups is 4. The molecule has 0 fully saturated rings. The van der Waals surface area contributed by atoms with Crippen LogP contribution in [0.15, 0.2) is 0 Å². The predicted molar refractivity (Wildman–Crippen MR) is 179 cm³/mol. The van der Waals surface area contributed by atoms with Crippen LogP contribution in [-0.2, 0) is 146 Å². The third-order valence-electron chi connectivity index (χ3n) is 4.19. The van der Waals surface area contributed by atoms with Crippen LogP contribution in [0, 0.1) is 0 Å². The molecular weight excluding hydrogens is 793 g/mol. The van der Waals surface area contributed by atoms with Gasteiger partial charge in [-0.15, -0.1) is 0 Å². The van der Waals surface area contributed by atoms with Crippen molar-refractivity contribution in [3.63, 3.8) is 0 Å². The topological polar surface area (TPSA) is 56.3 Å².